The smallest absolute Gasteiger partial charge is 0.162 e. The summed E-state index contributed by atoms with van der Waals surface area (Å²) in [4.78, 5) is 0. The lowest BCUT2D eigenvalue weighted by Gasteiger charge is -2.13. The molecule has 6 nitrogen and oxygen atoms in total. The molecular weight excluding hydrogens is 1460 g/mol. The van der Waals surface area contributed by atoms with Crippen LogP contribution in [0.4, 0.5) is 0 Å². The van der Waals surface area contributed by atoms with Crippen molar-refractivity contribution in [3.8, 4) is 35.1 Å². The van der Waals surface area contributed by atoms with E-state index in [1.807, 2.05) is 24.3 Å². The van der Waals surface area contributed by atoms with E-state index in [4.69, 9.17) is 24.9 Å². The highest BCUT2D eigenvalue weighted by molar-refractivity contribution is 9.09. The first-order valence-corrected chi connectivity index (χ1v) is 46.3. The third kappa shape index (κ3) is 87.2. The van der Waals surface area contributed by atoms with Gasteiger partial charge in [0.15, 0.2) is 23.0 Å². The van der Waals surface area contributed by atoms with E-state index in [9.17, 15) is 5.26 Å². The molecular formula is C94H175Br3N2O4. The first-order valence-electron chi connectivity index (χ1n) is 45.2. The number of phenols is 2. The molecule has 0 aliphatic heterocycles. The molecule has 0 unspecified atom stereocenters. The Morgan fingerprint density at radius 2 is 0.427 bits per heavy atom. The van der Waals surface area contributed by atoms with Gasteiger partial charge in [-0.1, -0.05) is 494 Å². The number of rotatable bonds is 75. The number of ether oxygens (including phenoxy) is 2. The normalized spacial score (nSPS) is 10.7. The lowest BCUT2D eigenvalue weighted by Crippen LogP contribution is -2.03. The second kappa shape index (κ2) is 96.1. The highest BCUT2D eigenvalue weighted by Crippen LogP contribution is 2.30. The molecule has 0 saturated carbocycles. The number of alkyl halides is 1. The van der Waals surface area contributed by atoms with E-state index in [2.05, 4.69) is 56.6 Å². The van der Waals surface area contributed by atoms with Crippen molar-refractivity contribution in [2.45, 2.75) is 497 Å². The van der Waals surface area contributed by atoms with Crippen LogP contribution in [0.1, 0.15) is 508 Å². The molecule has 0 fully saturated rings. The van der Waals surface area contributed by atoms with Gasteiger partial charge in [-0.05, 0) is 43.5 Å². The van der Waals surface area contributed by atoms with Gasteiger partial charge in [-0.2, -0.15) is 10.5 Å². The van der Waals surface area contributed by atoms with Crippen LogP contribution in [0, 0.1) is 22.7 Å². The third-order valence-corrected chi connectivity index (χ3v) is 21.2. The van der Waals surface area contributed by atoms with Crippen LogP contribution in [0.25, 0.3) is 0 Å². The molecule has 0 bridgehead atoms. The predicted molar refractivity (Wildman–Crippen MR) is 472 cm³/mol. The van der Waals surface area contributed by atoms with E-state index in [0.29, 0.717) is 17.7 Å². The molecule has 0 aliphatic rings. The highest BCUT2D eigenvalue weighted by atomic mass is 79.9. The Morgan fingerprint density at radius 3 is 0.631 bits per heavy atom. The zero-order chi connectivity index (χ0) is 73.6. The van der Waals surface area contributed by atoms with Crippen LogP contribution in [0.3, 0.4) is 0 Å². The number of hydrogen-bond acceptors (Lipinski definition) is 6. The second-order valence-electron chi connectivity index (χ2n) is 30.7. The average Bonchev–Trinajstić information content (AvgIpc) is 0.894. The number of benzene rings is 2. The first-order chi connectivity index (χ1) is 49.9. The molecule has 0 amide bonds. The summed E-state index contributed by atoms with van der Waals surface area (Å²) in [5, 5.41) is 36.4. The summed E-state index contributed by atoms with van der Waals surface area (Å²) < 4.78 is 12.2. The zero-order valence-electron chi connectivity index (χ0n) is 69.3. The lowest BCUT2D eigenvalue weighted by atomic mass is 10.0. The number of nitriles is 2. The fraction of sp³-hybridized carbons (Fsp3) is 0.851. The van der Waals surface area contributed by atoms with Gasteiger partial charge in [0.25, 0.3) is 0 Å². The monoisotopic (exact) mass is 1630 g/mol. The molecule has 0 atom stereocenters. The fourth-order valence-electron chi connectivity index (χ4n) is 13.7. The van der Waals surface area contributed by atoms with Crippen molar-refractivity contribution in [3.05, 3.63) is 47.5 Å². The molecule has 0 aromatic heterocycles. The minimum atomic E-state index is -0.265. The summed E-state index contributed by atoms with van der Waals surface area (Å²) in [5.41, 5.74) is 0.963. The van der Waals surface area contributed by atoms with Crippen LogP contribution in [0.2, 0.25) is 0 Å². The molecule has 2 aromatic rings. The Morgan fingerprint density at radius 1 is 0.243 bits per heavy atom. The van der Waals surface area contributed by atoms with Gasteiger partial charge < -0.3 is 19.7 Å². The Balaban J connectivity index is -0.000000702. The van der Waals surface area contributed by atoms with Crippen molar-refractivity contribution >= 4 is 49.9 Å². The molecule has 0 spiro atoms. The van der Waals surface area contributed by atoms with E-state index in [0.717, 1.165) is 30.9 Å². The molecule has 9 heteroatoms. The maximum Gasteiger partial charge on any atom is 0.162 e. The van der Waals surface area contributed by atoms with Gasteiger partial charge in [-0.15, -0.1) is 34.0 Å². The van der Waals surface area contributed by atoms with Crippen LogP contribution >= 0.6 is 49.9 Å². The van der Waals surface area contributed by atoms with Gasteiger partial charge in [0.2, 0.25) is 0 Å². The summed E-state index contributed by atoms with van der Waals surface area (Å²) in [6.07, 6.45) is 103. The van der Waals surface area contributed by atoms with Crippen molar-refractivity contribution < 1.29 is 19.7 Å². The van der Waals surface area contributed by atoms with Gasteiger partial charge in [-0.3, -0.25) is 0 Å². The van der Waals surface area contributed by atoms with Crippen molar-refractivity contribution in [1.82, 2.24) is 0 Å². The zero-order valence-corrected chi connectivity index (χ0v) is 74.3. The molecule has 0 heterocycles. The number of nitrogens with zero attached hydrogens (tertiary/aromatic N) is 2. The largest absolute Gasteiger partial charge is 0.504 e. The number of hydrogen-bond donors (Lipinski definition) is 2. The maximum absolute atomic E-state index is 9.33. The molecule has 2 rings (SSSR count). The highest BCUT2D eigenvalue weighted by Gasteiger charge is 2.09. The number of phenolic OH excluding ortho intramolecular Hbond substituents is 2. The van der Waals surface area contributed by atoms with Crippen molar-refractivity contribution in [2.75, 3.05) is 18.5 Å². The molecule has 0 saturated heterocycles. The van der Waals surface area contributed by atoms with E-state index in [-0.39, 0.29) is 45.5 Å². The standard InChI is InChI=1S/C39H69NO2.C32H66.C16H33Br.C7H5NO2.2BrH/c1-3-5-7-9-11-13-15-17-19-21-23-25-27-29-33-41-38-32-31-37(36-40)35-39(38)42-34-30-28-26-24-22-20-18-16-14-12-10-8-6-4-2;1-3-5-7-9-11-13-15-17-19-21-23-25-27-29-31-32-30-28-26-24-22-20-18-16-14-12-10-8-6-4-2;1-2-3-4-5-6-7-8-9-10-11-12-13-14-15-16-17;8-4-5-1-2-6(9)7(10)3-5;;/h31-32,35H,3-30,33-34H2,1-2H3;3-32H2,1-2H3;2-16H2,1H3;1-3,9-10H;2*1H. The summed E-state index contributed by atoms with van der Waals surface area (Å²) >= 11 is 3.48. The molecule has 103 heavy (non-hydrogen) atoms. The summed E-state index contributed by atoms with van der Waals surface area (Å²) in [6, 6.07) is 13.5. The Bertz CT molecular complexity index is 1930. The van der Waals surface area contributed by atoms with E-state index < -0.39 is 0 Å². The Kier molecular flexibility index (Phi) is 100. The number of unbranched alkanes of at least 4 members (excludes halogenated alkanes) is 68. The number of halogens is 3. The third-order valence-electron chi connectivity index (χ3n) is 20.6. The molecule has 2 aromatic carbocycles. The van der Waals surface area contributed by atoms with Gasteiger partial charge >= 0.3 is 0 Å². The van der Waals surface area contributed by atoms with Crippen LogP contribution in [0.15, 0.2) is 36.4 Å². The predicted octanol–water partition coefficient (Wildman–Crippen LogP) is 35.0. The van der Waals surface area contributed by atoms with Gasteiger partial charge in [0, 0.05) is 17.5 Å². The van der Waals surface area contributed by atoms with Crippen LogP contribution in [-0.2, 0) is 0 Å². The topological polar surface area (TPSA) is 106 Å². The maximum atomic E-state index is 9.33. The summed E-state index contributed by atoms with van der Waals surface area (Å²) in [7, 11) is 0. The van der Waals surface area contributed by atoms with Crippen LogP contribution in [-0.4, -0.2) is 28.8 Å². The van der Waals surface area contributed by atoms with Gasteiger partial charge in [0.05, 0.1) is 36.5 Å². The Hall–Kier alpha value is -1.94. The quantitative estimate of drug-likeness (QED) is 0.0388. The van der Waals surface area contributed by atoms with E-state index >= 15 is 0 Å². The van der Waals surface area contributed by atoms with Crippen molar-refractivity contribution in [1.29, 1.82) is 10.5 Å². The van der Waals surface area contributed by atoms with Gasteiger partial charge in [0.1, 0.15) is 0 Å². The average molecular weight is 1640 g/mol. The minimum Gasteiger partial charge on any atom is -0.504 e. The summed E-state index contributed by atoms with van der Waals surface area (Å²) in [6.45, 7) is 12.9. The minimum absolute atomic E-state index is 0. The molecule has 606 valence electrons. The molecule has 0 aliphatic carbocycles. The van der Waals surface area contributed by atoms with Crippen molar-refractivity contribution in [3.63, 3.8) is 0 Å². The Labute approximate surface area is 673 Å². The summed E-state index contributed by atoms with van der Waals surface area (Å²) in [5.74, 6) is 1.04. The number of aromatic hydroxyl groups is 2. The second-order valence-corrected chi connectivity index (χ2v) is 31.5. The molecule has 2 N–H and O–H groups in total. The fourth-order valence-corrected chi connectivity index (χ4v) is 14.1. The lowest BCUT2D eigenvalue weighted by molar-refractivity contribution is 0.258. The van der Waals surface area contributed by atoms with Gasteiger partial charge in [-0.25, -0.2) is 0 Å². The first kappa shape index (κ1) is 107. The molecule has 0 radical (unpaired) electrons. The SMILES string of the molecule is Br.Br.CCCCCCCCCCCCCCCCBr.CCCCCCCCCCCCCCCCCCCCCCCCCCCCCCCC.CCCCCCCCCCCCCCCCOc1ccc(C#N)cc1OCCCCCCCCCCCCCCCC.N#Cc1ccc(O)c(O)c1. The van der Waals surface area contributed by atoms with E-state index in [1.54, 1.807) is 0 Å². The van der Waals surface area contributed by atoms with Crippen LogP contribution < -0.4 is 9.47 Å². The van der Waals surface area contributed by atoms with E-state index in [1.165, 1.54) is 473 Å². The van der Waals surface area contributed by atoms with Crippen molar-refractivity contribution in [2.24, 2.45) is 0 Å². The van der Waals surface area contributed by atoms with Crippen LogP contribution in [0.5, 0.6) is 23.0 Å².